The van der Waals surface area contributed by atoms with Gasteiger partial charge in [0.25, 0.3) is 0 Å². The van der Waals surface area contributed by atoms with Crippen molar-refractivity contribution in [3.8, 4) is 0 Å². The zero-order chi connectivity index (χ0) is 12.4. The first kappa shape index (κ1) is 12.9. The molecule has 3 atom stereocenters. The van der Waals surface area contributed by atoms with Gasteiger partial charge in [0.1, 0.15) is 0 Å². The van der Waals surface area contributed by atoms with Crippen molar-refractivity contribution in [3.63, 3.8) is 0 Å². The molecule has 0 heterocycles. The molecule has 0 saturated heterocycles. The van der Waals surface area contributed by atoms with Crippen LogP contribution in [0.2, 0.25) is 0 Å². The van der Waals surface area contributed by atoms with Crippen LogP contribution >= 0.6 is 0 Å². The molecule has 3 aliphatic rings. The summed E-state index contributed by atoms with van der Waals surface area (Å²) in [6.45, 7) is 2.45. The highest BCUT2D eigenvalue weighted by Crippen LogP contribution is 2.40. The summed E-state index contributed by atoms with van der Waals surface area (Å²) in [5.41, 5.74) is 0. The lowest BCUT2D eigenvalue weighted by molar-refractivity contribution is 0.142. The van der Waals surface area contributed by atoms with Gasteiger partial charge >= 0.3 is 0 Å². The molecule has 0 spiro atoms. The van der Waals surface area contributed by atoms with Gasteiger partial charge in [0.15, 0.2) is 0 Å². The first-order valence-electron chi connectivity index (χ1n) is 8.26. The zero-order valence-corrected chi connectivity index (χ0v) is 12.0. The summed E-state index contributed by atoms with van der Waals surface area (Å²) >= 11 is 0. The van der Waals surface area contributed by atoms with Crippen LogP contribution in [0.25, 0.3) is 0 Å². The van der Waals surface area contributed by atoms with Gasteiger partial charge in [0, 0.05) is 25.2 Å². The van der Waals surface area contributed by atoms with Crippen LogP contribution in [0, 0.1) is 11.8 Å². The number of hydrogen-bond acceptors (Lipinski definition) is 2. The van der Waals surface area contributed by atoms with E-state index < -0.39 is 0 Å². The van der Waals surface area contributed by atoms with E-state index in [-0.39, 0.29) is 0 Å². The van der Waals surface area contributed by atoms with Crippen LogP contribution in [0.5, 0.6) is 0 Å². The molecule has 1 N–H and O–H groups in total. The van der Waals surface area contributed by atoms with E-state index in [0.29, 0.717) is 0 Å². The maximum atomic E-state index is 3.83. The maximum absolute atomic E-state index is 3.83. The Morgan fingerprint density at radius 1 is 0.944 bits per heavy atom. The van der Waals surface area contributed by atoms with Crippen molar-refractivity contribution in [1.82, 2.24) is 10.2 Å². The average molecular weight is 250 g/mol. The van der Waals surface area contributed by atoms with Crippen molar-refractivity contribution in [3.05, 3.63) is 0 Å². The summed E-state index contributed by atoms with van der Waals surface area (Å²) in [5, 5.41) is 3.83. The Bertz CT molecular complexity index is 262. The number of likely N-dealkylation sites (N-methyl/N-ethyl adjacent to an activating group) is 1. The lowest BCUT2D eigenvalue weighted by Crippen LogP contribution is -2.41. The molecule has 3 aliphatic carbocycles. The predicted molar refractivity (Wildman–Crippen MR) is 76.7 cm³/mol. The molecule has 0 amide bonds. The topological polar surface area (TPSA) is 15.3 Å². The zero-order valence-electron chi connectivity index (χ0n) is 12.0. The third kappa shape index (κ3) is 3.27. The molecule has 0 bridgehead atoms. The molecule has 0 aromatic carbocycles. The van der Waals surface area contributed by atoms with Gasteiger partial charge in [0.2, 0.25) is 0 Å². The first-order chi connectivity index (χ1) is 8.83. The van der Waals surface area contributed by atoms with Crippen molar-refractivity contribution in [1.29, 1.82) is 0 Å². The first-order valence-corrected chi connectivity index (χ1v) is 8.26. The Morgan fingerprint density at radius 3 is 2.50 bits per heavy atom. The van der Waals surface area contributed by atoms with E-state index in [1.54, 1.807) is 0 Å². The van der Waals surface area contributed by atoms with E-state index in [9.17, 15) is 0 Å². The molecule has 18 heavy (non-hydrogen) atoms. The van der Waals surface area contributed by atoms with Crippen molar-refractivity contribution in [2.75, 3.05) is 20.1 Å². The van der Waals surface area contributed by atoms with Crippen LogP contribution in [0.4, 0.5) is 0 Å². The van der Waals surface area contributed by atoms with Crippen LogP contribution in [0.1, 0.15) is 57.8 Å². The van der Waals surface area contributed by atoms with Gasteiger partial charge in [-0.2, -0.15) is 0 Å². The number of fused-ring (bicyclic) bond motifs is 1. The van der Waals surface area contributed by atoms with E-state index >= 15 is 0 Å². The number of hydrogen-bond donors (Lipinski definition) is 1. The fraction of sp³-hybridized carbons (Fsp3) is 1.00. The number of rotatable bonds is 5. The Labute approximate surface area is 113 Å². The van der Waals surface area contributed by atoms with Crippen LogP contribution in [0.3, 0.4) is 0 Å². The summed E-state index contributed by atoms with van der Waals surface area (Å²) in [5.74, 6) is 2.15. The Hall–Kier alpha value is -0.0800. The highest BCUT2D eigenvalue weighted by atomic mass is 15.2. The normalized spacial score (nSPS) is 36.7. The van der Waals surface area contributed by atoms with Crippen LogP contribution in [0.15, 0.2) is 0 Å². The smallest absolute Gasteiger partial charge is 0.0107 e. The van der Waals surface area contributed by atoms with E-state index in [1.165, 1.54) is 70.9 Å². The van der Waals surface area contributed by atoms with Crippen molar-refractivity contribution < 1.29 is 0 Å². The number of nitrogens with zero attached hydrogens (tertiary/aromatic N) is 1. The average Bonchev–Trinajstić information content (AvgIpc) is 3.23. The molecule has 3 rings (SSSR count). The monoisotopic (exact) mass is 250 g/mol. The maximum Gasteiger partial charge on any atom is 0.0107 e. The van der Waals surface area contributed by atoms with Gasteiger partial charge in [-0.1, -0.05) is 25.7 Å². The van der Waals surface area contributed by atoms with Gasteiger partial charge in [-0.25, -0.2) is 0 Å². The van der Waals surface area contributed by atoms with E-state index in [2.05, 4.69) is 17.3 Å². The second-order valence-electron chi connectivity index (χ2n) is 6.98. The molecule has 3 fully saturated rings. The van der Waals surface area contributed by atoms with Gasteiger partial charge in [-0.3, -0.25) is 0 Å². The Kier molecular flexibility index (Phi) is 4.25. The summed E-state index contributed by atoms with van der Waals surface area (Å²) in [6, 6.07) is 1.75. The van der Waals surface area contributed by atoms with Crippen LogP contribution < -0.4 is 5.32 Å². The highest BCUT2D eigenvalue weighted by Gasteiger charge is 2.32. The van der Waals surface area contributed by atoms with Gasteiger partial charge < -0.3 is 10.2 Å². The van der Waals surface area contributed by atoms with Crippen molar-refractivity contribution >= 4 is 0 Å². The highest BCUT2D eigenvalue weighted by molar-refractivity contribution is 4.87. The van der Waals surface area contributed by atoms with Crippen LogP contribution in [-0.2, 0) is 0 Å². The molecular weight excluding hydrogens is 220 g/mol. The van der Waals surface area contributed by atoms with E-state index in [1.807, 2.05) is 0 Å². The predicted octanol–water partition coefficient (Wildman–Crippen LogP) is 3.03. The summed E-state index contributed by atoms with van der Waals surface area (Å²) < 4.78 is 0. The summed E-state index contributed by atoms with van der Waals surface area (Å²) in [4.78, 5) is 2.54. The fourth-order valence-electron chi connectivity index (χ4n) is 4.20. The largest absolute Gasteiger partial charge is 0.313 e. The minimum absolute atomic E-state index is 0.831. The lowest BCUT2D eigenvalue weighted by Gasteiger charge is -2.39. The van der Waals surface area contributed by atoms with Gasteiger partial charge in [0.05, 0.1) is 0 Å². The second-order valence-corrected chi connectivity index (χ2v) is 6.98. The summed E-state index contributed by atoms with van der Waals surface area (Å²) in [7, 11) is 2.29. The van der Waals surface area contributed by atoms with Crippen LogP contribution in [-0.4, -0.2) is 37.1 Å². The lowest BCUT2D eigenvalue weighted by atomic mass is 9.69. The SMILES string of the molecule is CN(CCNC1CCC2CCCCC2C1)C1CC1. The fourth-order valence-corrected chi connectivity index (χ4v) is 4.20. The van der Waals surface area contributed by atoms with E-state index in [4.69, 9.17) is 0 Å². The molecule has 0 aromatic rings. The molecule has 3 unspecified atom stereocenters. The second kappa shape index (κ2) is 5.92. The van der Waals surface area contributed by atoms with Gasteiger partial charge in [-0.05, 0) is 51.0 Å². The molecule has 2 nitrogen and oxygen atoms in total. The minimum atomic E-state index is 0.831. The summed E-state index contributed by atoms with van der Waals surface area (Å²) in [6.07, 6.45) is 13.3. The third-order valence-electron chi connectivity index (χ3n) is 5.61. The Balaban J connectivity index is 1.35. The van der Waals surface area contributed by atoms with Crippen molar-refractivity contribution in [2.45, 2.75) is 69.9 Å². The standard InChI is InChI=1S/C16H30N2/c1-18(16-8-9-16)11-10-17-15-7-6-13-4-2-3-5-14(13)12-15/h13-17H,2-12H2,1H3. The third-order valence-corrected chi connectivity index (χ3v) is 5.61. The van der Waals surface area contributed by atoms with Gasteiger partial charge in [-0.15, -0.1) is 0 Å². The molecule has 0 aliphatic heterocycles. The molecule has 104 valence electrons. The molecule has 0 aromatic heterocycles. The molecular formula is C16H30N2. The quantitative estimate of drug-likeness (QED) is 0.807. The number of nitrogens with one attached hydrogen (secondary N) is 1. The van der Waals surface area contributed by atoms with E-state index in [0.717, 1.165) is 23.9 Å². The molecule has 0 radical (unpaired) electrons. The van der Waals surface area contributed by atoms with Crippen molar-refractivity contribution in [2.24, 2.45) is 11.8 Å². The Morgan fingerprint density at radius 2 is 1.72 bits per heavy atom. The molecule has 3 saturated carbocycles. The molecule has 2 heteroatoms. The minimum Gasteiger partial charge on any atom is -0.313 e.